The molecule has 0 saturated carbocycles. The quantitative estimate of drug-likeness (QED) is 0.432. The van der Waals surface area contributed by atoms with E-state index in [1.807, 2.05) is 34.5 Å². The van der Waals surface area contributed by atoms with Crippen LogP contribution in [-0.2, 0) is 12.6 Å². The van der Waals surface area contributed by atoms with Gasteiger partial charge >= 0.3 is 6.18 Å². The Morgan fingerprint density at radius 2 is 1.83 bits per heavy atom. The molecule has 0 saturated heterocycles. The number of thiocarbonyl (C=S) groups is 1. The van der Waals surface area contributed by atoms with E-state index < -0.39 is 11.7 Å². The Morgan fingerprint density at radius 3 is 2.55 bits per heavy atom. The molecule has 1 aromatic heterocycles. The van der Waals surface area contributed by atoms with E-state index in [0.29, 0.717) is 11.6 Å². The lowest BCUT2D eigenvalue weighted by Gasteiger charge is -2.38. The first-order valence-corrected chi connectivity index (χ1v) is 10.6. The summed E-state index contributed by atoms with van der Waals surface area (Å²) in [5.41, 5.74) is 1.33. The second-order valence-electron chi connectivity index (χ2n) is 6.67. The minimum Gasteiger partial charge on any atom is -0.337 e. The molecule has 1 aliphatic heterocycles. The SMILES string of the molecule is FC(F)(F)c1ccccc1NC(=S)N1CCc2sccc2[C@@H]1c1ccc(Cl)cc1. The summed E-state index contributed by atoms with van der Waals surface area (Å²) in [7, 11) is 0. The van der Waals surface area contributed by atoms with Crippen molar-refractivity contribution in [2.45, 2.75) is 18.6 Å². The Morgan fingerprint density at radius 1 is 1.10 bits per heavy atom. The van der Waals surface area contributed by atoms with Crippen LogP contribution >= 0.6 is 35.2 Å². The van der Waals surface area contributed by atoms with Crippen LogP contribution in [0.1, 0.15) is 27.6 Å². The molecule has 8 heteroatoms. The third-order valence-electron chi connectivity index (χ3n) is 4.89. The number of alkyl halides is 3. The summed E-state index contributed by atoms with van der Waals surface area (Å²) in [5.74, 6) is 0. The van der Waals surface area contributed by atoms with E-state index >= 15 is 0 Å². The molecule has 0 amide bonds. The summed E-state index contributed by atoms with van der Waals surface area (Å²) in [6.07, 6.45) is -3.67. The summed E-state index contributed by atoms with van der Waals surface area (Å²) in [6.45, 7) is 0.612. The maximum absolute atomic E-state index is 13.4. The minimum absolute atomic E-state index is 0.0454. The second-order valence-corrected chi connectivity index (χ2v) is 8.49. The van der Waals surface area contributed by atoms with Gasteiger partial charge in [-0.3, -0.25) is 0 Å². The molecule has 2 aromatic carbocycles. The van der Waals surface area contributed by atoms with Gasteiger partial charge in [0.05, 0.1) is 17.3 Å². The number of rotatable bonds is 2. The maximum Gasteiger partial charge on any atom is 0.418 e. The van der Waals surface area contributed by atoms with Gasteiger partial charge in [-0.05, 0) is 65.5 Å². The molecule has 3 aromatic rings. The number of thiophene rings is 1. The van der Waals surface area contributed by atoms with Crippen LogP contribution in [0.25, 0.3) is 0 Å². The molecular formula is C21H16ClF3N2S2. The van der Waals surface area contributed by atoms with Crippen molar-refractivity contribution in [3.05, 3.63) is 86.6 Å². The van der Waals surface area contributed by atoms with Crippen molar-refractivity contribution in [1.82, 2.24) is 4.90 Å². The first-order valence-electron chi connectivity index (χ1n) is 8.90. The molecule has 1 aliphatic rings. The van der Waals surface area contributed by atoms with Crippen molar-refractivity contribution in [2.24, 2.45) is 0 Å². The zero-order valence-corrected chi connectivity index (χ0v) is 17.4. The van der Waals surface area contributed by atoms with Crippen LogP contribution in [-0.4, -0.2) is 16.6 Å². The van der Waals surface area contributed by atoms with Gasteiger partial charge in [-0.1, -0.05) is 35.9 Å². The molecule has 1 N–H and O–H groups in total. The summed E-state index contributed by atoms with van der Waals surface area (Å²) in [5, 5.41) is 5.76. The van der Waals surface area contributed by atoms with E-state index in [9.17, 15) is 13.2 Å². The molecule has 1 atom stereocenters. The zero-order chi connectivity index (χ0) is 20.6. The van der Waals surface area contributed by atoms with Crippen molar-refractivity contribution >= 4 is 46.0 Å². The predicted octanol–water partition coefficient (Wildman–Crippen LogP) is 6.76. The van der Waals surface area contributed by atoms with Crippen LogP contribution in [0.2, 0.25) is 5.02 Å². The third kappa shape index (κ3) is 4.13. The van der Waals surface area contributed by atoms with Gasteiger partial charge < -0.3 is 10.2 Å². The third-order valence-corrected chi connectivity index (χ3v) is 6.47. The van der Waals surface area contributed by atoms with Crippen molar-refractivity contribution in [2.75, 3.05) is 11.9 Å². The largest absolute Gasteiger partial charge is 0.418 e. The summed E-state index contributed by atoms with van der Waals surface area (Å²) >= 11 is 13.3. The van der Waals surface area contributed by atoms with E-state index in [-0.39, 0.29) is 16.8 Å². The fourth-order valence-corrected chi connectivity index (χ4v) is 4.90. The average Bonchev–Trinajstić information content (AvgIpc) is 3.16. The van der Waals surface area contributed by atoms with Crippen LogP contribution in [0.5, 0.6) is 0 Å². The van der Waals surface area contributed by atoms with Gasteiger partial charge in [0.2, 0.25) is 0 Å². The standard InChI is InChI=1S/C21H16ClF3N2S2/c22-14-7-5-13(6-8-14)19-15-10-12-29-18(15)9-11-27(19)20(28)26-17-4-2-1-3-16(17)21(23,24)25/h1-8,10,12,19H,9,11H2,(H,26,28)/t19-/m0/s1. The van der Waals surface area contributed by atoms with Crippen LogP contribution in [0.15, 0.2) is 60.0 Å². The highest BCUT2D eigenvalue weighted by Crippen LogP contribution is 2.39. The van der Waals surface area contributed by atoms with Crippen LogP contribution in [0, 0.1) is 0 Å². The van der Waals surface area contributed by atoms with Gasteiger partial charge in [0, 0.05) is 16.4 Å². The molecular weight excluding hydrogens is 437 g/mol. The molecule has 0 fully saturated rings. The number of hydrogen-bond acceptors (Lipinski definition) is 2. The summed E-state index contributed by atoms with van der Waals surface area (Å²) < 4.78 is 40.1. The molecule has 150 valence electrons. The zero-order valence-electron chi connectivity index (χ0n) is 15.0. The Kier molecular flexibility index (Phi) is 5.55. The minimum atomic E-state index is -4.46. The number of hydrogen-bond donors (Lipinski definition) is 1. The predicted molar refractivity (Wildman–Crippen MR) is 116 cm³/mol. The topological polar surface area (TPSA) is 15.3 Å². The average molecular weight is 453 g/mol. The van der Waals surface area contributed by atoms with Crippen molar-refractivity contribution in [3.8, 4) is 0 Å². The van der Waals surface area contributed by atoms with Crippen LogP contribution in [0.4, 0.5) is 18.9 Å². The number of nitrogens with one attached hydrogen (secondary N) is 1. The van der Waals surface area contributed by atoms with Gasteiger partial charge in [-0.2, -0.15) is 13.2 Å². The first-order chi connectivity index (χ1) is 13.8. The highest BCUT2D eigenvalue weighted by molar-refractivity contribution is 7.80. The second kappa shape index (κ2) is 7.97. The van der Waals surface area contributed by atoms with Gasteiger partial charge in [0.1, 0.15) is 0 Å². The number of anilines is 1. The maximum atomic E-state index is 13.4. The normalized spacial score (nSPS) is 16.4. The smallest absolute Gasteiger partial charge is 0.337 e. The van der Waals surface area contributed by atoms with Crippen molar-refractivity contribution in [3.63, 3.8) is 0 Å². The van der Waals surface area contributed by atoms with Gasteiger partial charge in [-0.25, -0.2) is 0 Å². The molecule has 4 rings (SSSR count). The lowest BCUT2D eigenvalue weighted by molar-refractivity contribution is -0.136. The monoisotopic (exact) mass is 452 g/mol. The number of nitrogens with zero attached hydrogens (tertiary/aromatic N) is 1. The Bertz CT molecular complexity index is 1030. The van der Waals surface area contributed by atoms with Crippen LogP contribution < -0.4 is 5.32 Å². The van der Waals surface area contributed by atoms with Crippen LogP contribution in [0.3, 0.4) is 0 Å². The van der Waals surface area contributed by atoms with Crippen molar-refractivity contribution in [1.29, 1.82) is 0 Å². The Labute approximate surface area is 180 Å². The highest BCUT2D eigenvalue weighted by atomic mass is 35.5. The molecule has 0 aliphatic carbocycles. The molecule has 0 bridgehead atoms. The molecule has 0 unspecified atom stereocenters. The van der Waals surface area contributed by atoms with Crippen molar-refractivity contribution < 1.29 is 13.2 Å². The number of para-hydroxylation sites is 1. The Balaban J connectivity index is 1.68. The van der Waals surface area contributed by atoms with E-state index in [1.165, 1.54) is 17.0 Å². The molecule has 0 spiro atoms. The van der Waals surface area contributed by atoms with Gasteiger partial charge in [0.15, 0.2) is 5.11 Å². The van der Waals surface area contributed by atoms with Gasteiger partial charge in [-0.15, -0.1) is 11.3 Å². The van der Waals surface area contributed by atoms with Gasteiger partial charge in [0.25, 0.3) is 0 Å². The van der Waals surface area contributed by atoms with E-state index in [1.54, 1.807) is 17.4 Å². The lowest BCUT2D eigenvalue weighted by Crippen LogP contribution is -2.42. The number of benzene rings is 2. The number of fused-ring (bicyclic) bond motifs is 1. The van der Waals surface area contributed by atoms with E-state index in [2.05, 4.69) is 11.4 Å². The first kappa shape index (κ1) is 20.2. The molecule has 2 nitrogen and oxygen atoms in total. The Hall–Kier alpha value is -2.09. The fourth-order valence-electron chi connectivity index (χ4n) is 3.57. The summed E-state index contributed by atoms with van der Waals surface area (Å²) in [4.78, 5) is 3.21. The molecule has 0 radical (unpaired) electrons. The highest BCUT2D eigenvalue weighted by Gasteiger charge is 2.35. The number of halogens is 4. The molecule has 2 heterocycles. The summed E-state index contributed by atoms with van der Waals surface area (Å²) in [6, 6.07) is 14.7. The molecule has 29 heavy (non-hydrogen) atoms. The van der Waals surface area contributed by atoms with E-state index in [4.69, 9.17) is 23.8 Å². The van der Waals surface area contributed by atoms with E-state index in [0.717, 1.165) is 23.6 Å². The lowest BCUT2D eigenvalue weighted by atomic mass is 9.93. The fraction of sp³-hybridized carbons (Fsp3) is 0.190.